The standard InChI is InChI=1S/C48H30N2/c1-2-12-31(13-3-1)37-16-6-9-19-42(37)50-44-21-11-8-18-41(44)48-46(50)29-28-45-47(48)40-17-7-10-20-43(40)49(45)34-24-27-36-33(30-34)23-26-38-35-15-5-4-14-32(35)22-25-39(36)38/h1-30H. The van der Waals surface area contributed by atoms with E-state index in [-0.39, 0.29) is 0 Å². The second-order valence-electron chi connectivity index (χ2n) is 13.3. The Labute approximate surface area is 288 Å². The van der Waals surface area contributed by atoms with Gasteiger partial charge in [-0.1, -0.05) is 140 Å². The van der Waals surface area contributed by atoms with Crippen molar-refractivity contribution < 1.29 is 0 Å². The lowest BCUT2D eigenvalue weighted by molar-refractivity contribution is 1.17. The van der Waals surface area contributed by atoms with Crippen molar-refractivity contribution in [2.45, 2.75) is 0 Å². The predicted molar refractivity (Wildman–Crippen MR) is 213 cm³/mol. The predicted octanol–water partition coefficient (Wildman–Crippen LogP) is 13.0. The molecule has 0 aliphatic heterocycles. The molecule has 232 valence electrons. The van der Waals surface area contributed by atoms with Gasteiger partial charge >= 0.3 is 0 Å². The van der Waals surface area contributed by atoms with Gasteiger partial charge in [0.05, 0.1) is 27.8 Å². The highest BCUT2D eigenvalue weighted by Gasteiger charge is 2.21. The van der Waals surface area contributed by atoms with Gasteiger partial charge in [-0.05, 0) is 80.3 Å². The molecule has 0 unspecified atom stereocenters. The van der Waals surface area contributed by atoms with Crippen molar-refractivity contribution >= 4 is 75.9 Å². The van der Waals surface area contributed by atoms with E-state index in [0.29, 0.717) is 0 Å². The van der Waals surface area contributed by atoms with E-state index in [1.807, 2.05) is 0 Å². The number of hydrogen-bond donors (Lipinski definition) is 0. The van der Waals surface area contributed by atoms with Crippen LogP contribution in [0.4, 0.5) is 0 Å². The van der Waals surface area contributed by atoms with Crippen molar-refractivity contribution in [2.75, 3.05) is 0 Å². The summed E-state index contributed by atoms with van der Waals surface area (Å²) >= 11 is 0. The van der Waals surface area contributed by atoms with E-state index in [1.54, 1.807) is 0 Å². The van der Waals surface area contributed by atoms with Gasteiger partial charge in [0.25, 0.3) is 0 Å². The fourth-order valence-corrected chi connectivity index (χ4v) is 8.54. The molecule has 0 amide bonds. The minimum atomic E-state index is 1.17. The van der Waals surface area contributed by atoms with Gasteiger partial charge in [0.15, 0.2) is 0 Å². The molecule has 0 fully saturated rings. The van der Waals surface area contributed by atoms with Gasteiger partial charge in [0.2, 0.25) is 0 Å². The van der Waals surface area contributed by atoms with E-state index in [0.717, 1.165) is 0 Å². The number of rotatable bonds is 3. The second kappa shape index (κ2) is 10.4. The van der Waals surface area contributed by atoms with Crippen molar-refractivity contribution in [3.05, 3.63) is 182 Å². The average molecular weight is 635 g/mol. The Morgan fingerprint density at radius 3 is 1.60 bits per heavy atom. The molecule has 0 aliphatic carbocycles. The Bertz CT molecular complexity index is 3140. The average Bonchev–Trinajstić information content (AvgIpc) is 3.70. The summed E-state index contributed by atoms with van der Waals surface area (Å²) in [6, 6.07) is 66.7. The van der Waals surface area contributed by atoms with Crippen LogP contribution in [-0.4, -0.2) is 9.13 Å². The van der Waals surface area contributed by atoms with E-state index in [2.05, 4.69) is 191 Å². The van der Waals surface area contributed by atoms with Gasteiger partial charge in [-0.3, -0.25) is 0 Å². The Morgan fingerprint density at radius 1 is 0.300 bits per heavy atom. The second-order valence-corrected chi connectivity index (χ2v) is 13.3. The molecule has 0 radical (unpaired) electrons. The molecule has 2 heteroatoms. The topological polar surface area (TPSA) is 9.86 Å². The maximum atomic E-state index is 2.46. The van der Waals surface area contributed by atoms with Gasteiger partial charge in [0.1, 0.15) is 0 Å². The molecule has 2 nitrogen and oxygen atoms in total. The van der Waals surface area contributed by atoms with Crippen LogP contribution in [0.5, 0.6) is 0 Å². The molecule has 50 heavy (non-hydrogen) atoms. The maximum absolute atomic E-state index is 2.46. The van der Waals surface area contributed by atoms with Gasteiger partial charge in [0, 0.05) is 32.8 Å². The zero-order valence-corrected chi connectivity index (χ0v) is 27.2. The summed E-state index contributed by atoms with van der Waals surface area (Å²) < 4.78 is 4.92. The molecule has 11 aromatic rings. The lowest BCUT2D eigenvalue weighted by Crippen LogP contribution is -1.97. The zero-order chi connectivity index (χ0) is 32.8. The zero-order valence-electron chi connectivity index (χ0n) is 27.2. The van der Waals surface area contributed by atoms with Gasteiger partial charge in [-0.25, -0.2) is 0 Å². The molecular formula is C48H30N2. The third-order valence-electron chi connectivity index (χ3n) is 10.7. The number of para-hydroxylation sites is 3. The number of benzene rings is 9. The highest BCUT2D eigenvalue weighted by Crippen LogP contribution is 2.44. The molecule has 11 rings (SSSR count). The largest absolute Gasteiger partial charge is 0.309 e. The van der Waals surface area contributed by atoms with E-state index in [1.165, 1.54) is 98.4 Å². The first-order valence-corrected chi connectivity index (χ1v) is 17.3. The summed E-state index contributed by atoms with van der Waals surface area (Å²) in [4.78, 5) is 0. The van der Waals surface area contributed by atoms with Crippen LogP contribution in [0.3, 0.4) is 0 Å². The van der Waals surface area contributed by atoms with Crippen LogP contribution in [0.15, 0.2) is 182 Å². The fraction of sp³-hybridized carbons (Fsp3) is 0. The first-order chi connectivity index (χ1) is 24.8. The number of nitrogens with zero attached hydrogens (tertiary/aromatic N) is 2. The van der Waals surface area contributed by atoms with Crippen LogP contribution in [0.2, 0.25) is 0 Å². The fourth-order valence-electron chi connectivity index (χ4n) is 8.54. The van der Waals surface area contributed by atoms with Crippen LogP contribution >= 0.6 is 0 Å². The van der Waals surface area contributed by atoms with Gasteiger partial charge in [-0.15, -0.1) is 0 Å². The van der Waals surface area contributed by atoms with Crippen molar-refractivity contribution in [1.29, 1.82) is 0 Å². The van der Waals surface area contributed by atoms with Crippen LogP contribution in [0.25, 0.3) is 98.4 Å². The van der Waals surface area contributed by atoms with Crippen LogP contribution in [0.1, 0.15) is 0 Å². The number of fused-ring (bicyclic) bond motifs is 12. The Hall–Kier alpha value is -6.64. The van der Waals surface area contributed by atoms with Gasteiger partial charge in [-0.2, -0.15) is 0 Å². The van der Waals surface area contributed by atoms with Crippen molar-refractivity contribution in [2.24, 2.45) is 0 Å². The SMILES string of the molecule is c1ccc(-c2ccccc2-n2c3ccccc3c3c4c5ccccc5n(-c5ccc6c(ccc7c8ccccc8ccc67)c5)c4ccc32)cc1. The summed E-state index contributed by atoms with van der Waals surface area (Å²) in [5.41, 5.74) is 9.62. The normalized spacial score (nSPS) is 12.0. The van der Waals surface area contributed by atoms with E-state index >= 15 is 0 Å². The van der Waals surface area contributed by atoms with Gasteiger partial charge < -0.3 is 9.13 Å². The minimum Gasteiger partial charge on any atom is -0.309 e. The Balaban J connectivity index is 1.20. The third kappa shape index (κ3) is 3.79. The molecule has 9 aromatic carbocycles. The van der Waals surface area contributed by atoms with Crippen LogP contribution < -0.4 is 0 Å². The first-order valence-electron chi connectivity index (χ1n) is 17.3. The Morgan fingerprint density at radius 2 is 0.840 bits per heavy atom. The molecule has 2 heterocycles. The van der Waals surface area contributed by atoms with Crippen molar-refractivity contribution in [3.8, 4) is 22.5 Å². The third-order valence-corrected chi connectivity index (χ3v) is 10.7. The monoisotopic (exact) mass is 634 g/mol. The lowest BCUT2D eigenvalue weighted by atomic mass is 9.97. The molecular weight excluding hydrogens is 605 g/mol. The Kier molecular flexibility index (Phi) is 5.70. The molecule has 0 aliphatic rings. The number of aromatic nitrogens is 2. The molecule has 0 atom stereocenters. The smallest absolute Gasteiger partial charge is 0.0549 e. The molecule has 0 spiro atoms. The number of hydrogen-bond acceptors (Lipinski definition) is 0. The molecule has 0 saturated heterocycles. The molecule has 0 bridgehead atoms. The van der Waals surface area contributed by atoms with Crippen molar-refractivity contribution in [1.82, 2.24) is 9.13 Å². The summed E-state index contributed by atoms with van der Waals surface area (Å²) in [5.74, 6) is 0. The van der Waals surface area contributed by atoms with E-state index in [4.69, 9.17) is 0 Å². The first kappa shape index (κ1) is 27.3. The molecule has 0 N–H and O–H groups in total. The van der Waals surface area contributed by atoms with Crippen LogP contribution in [-0.2, 0) is 0 Å². The highest BCUT2D eigenvalue weighted by molar-refractivity contribution is 6.29. The van der Waals surface area contributed by atoms with E-state index in [9.17, 15) is 0 Å². The summed E-state index contributed by atoms with van der Waals surface area (Å²) in [6.45, 7) is 0. The summed E-state index contributed by atoms with van der Waals surface area (Å²) in [5, 5.41) is 12.8. The molecule has 0 saturated carbocycles. The molecule has 2 aromatic heterocycles. The lowest BCUT2D eigenvalue weighted by Gasteiger charge is -2.14. The highest BCUT2D eigenvalue weighted by atomic mass is 15.0. The summed E-state index contributed by atoms with van der Waals surface area (Å²) in [6.07, 6.45) is 0. The van der Waals surface area contributed by atoms with E-state index < -0.39 is 0 Å². The quantitative estimate of drug-likeness (QED) is 0.171. The van der Waals surface area contributed by atoms with Crippen molar-refractivity contribution in [3.63, 3.8) is 0 Å². The summed E-state index contributed by atoms with van der Waals surface area (Å²) in [7, 11) is 0. The van der Waals surface area contributed by atoms with Crippen LogP contribution in [0, 0.1) is 0 Å². The minimum absolute atomic E-state index is 1.17. The maximum Gasteiger partial charge on any atom is 0.0549 e.